The highest BCUT2D eigenvalue weighted by Gasteiger charge is 2.20. The number of aliphatic hydroxyl groups excluding tert-OH is 1. The molecule has 0 radical (unpaired) electrons. The largest absolute Gasteiger partial charge is 0.472 e. The van der Waals surface area contributed by atoms with Crippen molar-refractivity contribution in [1.82, 2.24) is 9.55 Å². The van der Waals surface area contributed by atoms with Crippen molar-refractivity contribution in [2.75, 3.05) is 6.61 Å². The van der Waals surface area contributed by atoms with Gasteiger partial charge in [0.1, 0.15) is 13.3 Å². The van der Waals surface area contributed by atoms with Crippen LogP contribution < -0.4 is 11.2 Å². The molecule has 0 saturated heterocycles. The number of nitrogens with one attached hydrogen (secondary N) is 1. The van der Waals surface area contributed by atoms with Gasteiger partial charge in [-0.05, 0) is 0 Å². The van der Waals surface area contributed by atoms with E-state index in [1.54, 1.807) is 4.98 Å². The van der Waals surface area contributed by atoms with Crippen LogP contribution in [0.3, 0.4) is 0 Å². The molecular weight excluding hydrogens is 290 g/mol. The molecule has 1 unspecified atom stereocenters. The highest BCUT2D eigenvalue weighted by molar-refractivity contribution is 7.46. The number of nitrogens with zero attached hydrogens (tertiary/aromatic N) is 1. The Morgan fingerprint density at radius 3 is 2.68 bits per heavy atom. The van der Waals surface area contributed by atoms with Crippen LogP contribution in [-0.4, -0.2) is 37.3 Å². The molecule has 0 aliphatic heterocycles. The molecule has 0 saturated carbocycles. The molecule has 1 heterocycles. The summed E-state index contributed by atoms with van der Waals surface area (Å²) in [6.07, 6.45) is -1.35. The molecule has 1 rings (SSSR count). The minimum absolute atomic E-state index is 0.561. The minimum Gasteiger partial charge on any atom is -0.366 e. The second kappa shape index (κ2) is 6.19. The smallest absolute Gasteiger partial charge is 0.366 e. The Hall–Kier alpha value is -1.36. The number of hydrogen-bond donors (Lipinski definition) is 4. The van der Waals surface area contributed by atoms with Gasteiger partial charge in [-0.3, -0.25) is 18.9 Å². The lowest BCUT2D eigenvalue weighted by Gasteiger charge is -2.13. The first-order valence-corrected chi connectivity index (χ1v) is 6.21. The predicted molar refractivity (Wildman–Crippen MR) is 56.4 cm³/mol. The van der Waals surface area contributed by atoms with Gasteiger partial charge in [-0.2, -0.15) is 4.39 Å². The Kier molecular flexibility index (Phi) is 5.11. The van der Waals surface area contributed by atoms with Crippen LogP contribution in [0.5, 0.6) is 0 Å². The third-order valence-electron chi connectivity index (χ3n) is 1.72. The molecule has 4 N–H and O–H groups in total. The normalized spacial score (nSPS) is 13.5. The fraction of sp³-hybridized carbons (Fsp3) is 0.429. The zero-order valence-electron chi connectivity index (χ0n) is 9.22. The molecule has 1 aromatic rings. The van der Waals surface area contributed by atoms with Gasteiger partial charge in [0.15, 0.2) is 6.29 Å². The topological polar surface area (TPSA) is 151 Å². The number of aliphatic hydroxyl groups is 1. The van der Waals surface area contributed by atoms with Gasteiger partial charge < -0.3 is 19.6 Å². The third-order valence-corrected chi connectivity index (χ3v) is 2.24. The summed E-state index contributed by atoms with van der Waals surface area (Å²) in [6.45, 7) is -1.24. The van der Waals surface area contributed by atoms with E-state index in [0.29, 0.717) is 10.8 Å². The van der Waals surface area contributed by atoms with Crippen LogP contribution >= 0.6 is 7.82 Å². The molecule has 0 bridgehead atoms. The highest BCUT2D eigenvalue weighted by atomic mass is 31.2. The summed E-state index contributed by atoms with van der Waals surface area (Å²) in [5.74, 6) is -1.21. The molecular formula is C7H10FN2O8P. The van der Waals surface area contributed by atoms with E-state index < -0.39 is 44.5 Å². The lowest BCUT2D eigenvalue weighted by atomic mass is 10.6. The van der Waals surface area contributed by atoms with Crippen molar-refractivity contribution in [3.8, 4) is 0 Å². The van der Waals surface area contributed by atoms with E-state index in [-0.39, 0.29) is 0 Å². The molecule has 0 amide bonds. The number of phosphoric acid groups is 1. The summed E-state index contributed by atoms with van der Waals surface area (Å²) in [4.78, 5) is 40.2. The number of hydrogen-bond acceptors (Lipinski definition) is 6. The van der Waals surface area contributed by atoms with Crippen LogP contribution in [0, 0.1) is 5.82 Å². The van der Waals surface area contributed by atoms with E-state index >= 15 is 0 Å². The lowest BCUT2D eigenvalue weighted by Crippen LogP contribution is -2.32. The van der Waals surface area contributed by atoms with Gasteiger partial charge in [0.2, 0.25) is 5.82 Å². The molecule has 0 aliphatic rings. The van der Waals surface area contributed by atoms with Crippen molar-refractivity contribution < 1.29 is 33.1 Å². The number of aromatic amines is 1. The van der Waals surface area contributed by atoms with Crippen molar-refractivity contribution in [2.24, 2.45) is 0 Å². The zero-order chi connectivity index (χ0) is 14.6. The molecule has 10 nitrogen and oxygen atoms in total. The fourth-order valence-electron chi connectivity index (χ4n) is 1.02. The molecule has 1 atom stereocenters. The monoisotopic (exact) mass is 300 g/mol. The molecule has 19 heavy (non-hydrogen) atoms. The second-order valence-electron chi connectivity index (χ2n) is 3.26. The standard InChI is InChI=1S/C7H10FN2O8P/c8-4-1-10(7(13)9-6(4)12)3-17-2-5(11)18-19(14,15)16/h1,5,11H,2-3H2,(H,9,12,13)(H2,14,15,16). The van der Waals surface area contributed by atoms with Crippen LogP contribution in [0.4, 0.5) is 4.39 Å². The molecule has 0 spiro atoms. The number of aromatic nitrogens is 2. The van der Waals surface area contributed by atoms with Gasteiger partial charge in [-0.25, -0.2) is 9.36 Å². The first-order chi connectivity index (χ1) is 8.69. The van der Waals surface area contributed by atoms with E-state index in [4.69, 9.17) is 14.9 Å². The third kappa shape index (κ3) is 5.42. The average Bonchev–Trinajstić information content (AvgIpc) is 2.22. The van der Waals surface area contributed by atoms with E-state index in [1.807, 2.05) is 0 Å². The van der Waals surface area contributed by atoms with E-state index in [0.717, 1.165) is 0 Å². The van der Waals surface area contributed by atoms with Crippen LogP contribution in [0.25, 0.3) is 0 Å². The van der Waals surface area contributed by atoms with Crippen molar-refractivity contribution in [3.05, 3.63) is 32.9 Å². The van der Waals surface area contributed by atoms with Crippen molar-refractivity contribution in [1.29, 1.82) is 0 Å². The van der Waals surface area contributed by atoms with Gasteiger partial charge in [0.25, 0.3) is 5.56 Å². The van der Waals surface area contributed by atoms with Crippen LogP contribution in [-0.2, 0) is 20.6 Å². The van der Waals surface area contributed by atoms with E-state index in [9.17, 15) is 18.5 Å². The van der Waals surface area contributed by atoms with Crippen LogP contribution in [0.1, 0.15) is 0 Å². The van der Waals surface area contributed by atoms with Crippen LogP contribution in [0.15, 0.2) is 15.8 Å². The average molecular weight is 300 g/mol. The van der Waals surface area contributed by atoms with E-state index in [2.05, 4.69) is 9.26 Å². The number of halogens is 1. The van der Waals surface area contributed by atoms with Crippen molar-refractivity contribution >= 4 is 7.82 Å². The maximum absolute atomic E-state index is 12.8. The summed E-state index contributed by atoms with van der Waals surface area (Å²) < 4.78 is 32.3. The molecule has 0 fully saturated rings. The minimum atomic E-state index is -4.86. The Morgan fingerprint density at radius 2 is 2.11 bits per heavy atom. The summed E-state index contributed by atoms with van der Waals surface area (Å²) in [6, 6.07) is 0. The van der Waals surface area contributed by atoms with Gasteiger partial charge in [0, 0.05) is 0 Å². The van der Waals surface area contributed by atoms with Gasteiger partial charge >= 0.3 is 13.5 Å². The molecule has 12 heteroatoms. The quantitative estimate of drug-likeness (QED) is 0.350. The SMILES string of the molecule is O=c1[nH]c(=O)n(COCC(O)OP(=O)(O)O)cc1F. The first kappa shape index (κ1) is 15.7. The number of ether oxygens (including phenoxy) is 1. The van der Waals surface area contributed by atoms with Crippen LogP contribution in [0.2, 0.25) is 0 Å². The molecule has 0 aromatic carbocycles. The molecule has 108 valence electrons. The zero-order valence-corrected chi connectivity index (χ0v) is 10.1. The van der Waals surface area contributed by atoms with Gasteiger partial charge in [-0.1, -0.05) is 0 Å². The number of H-pyrrole nitrogens is 1. The van der Waals surface area contributed by atoms with E-state index in [1.165, 1.54) is 0 Å². The Morgan fingerprint density at radius 1 is 1.47 bits per heavy atom. The second-order valence-corrected chi connectivity index (χ2v) is 4.45. The fourth-order valence-corrected chi connectivity index (χ4v) is 1.40. The predicted octanol–water partition coefficient (Wildman–Crippen LogP) is -1.92. The number of phosphoric ester groups is 1. The molecule has 0 aliphatic carbocycles. The van der Waals surface area contributed by atoms with Crippen molar-refractivity contribution in [3.63, 3.8) is 0 Å². The molecule has 1 aromatic heterocycles. The summed E-state index contributed by atoms with van der Waals surface area (Å²) in [7, 11) is -4.86. The first-order valence-electron chi connectivity index (χ1n) is 4.68. The Labute approximate surface area is 104 Å². The summed E-state index contributed by atoms with van der Waals surface area (Å²) in [5.41, 5.74) is -2.14. The lowest BCUT2D eigenvalue weighted by molar-refractivity contribution is -0.101. The Balaban J connectivity index is 2.55. The maximum Gasteiger partial charge on any atom is 0.472 e. The summed E-state index contributed by atoms with van der Waals surface area (Å²) >= 11 is 0. The Bertz CT molecular complexity index is 591. The van der Waals surface area contributed by atoms with Crippen molar-refractivity contribution in [2.45, 2.75) is 13.0 Å². The summed E-state index contributed by atoms with van der Waals surface area (Å²) in [5, 5.41) is 8.97. The van der Waals surface area contributed by atoms with Gasteiger partial charge in [-0.15, -0.1) is 0 Å². The maximum atomic E-state index is 12.8. The van der Waals surface area contributed by atoms with Gasteiger partial charge in [0.05, 0.1) is 6.20 Å². The highest BCUT2D eigenvalue weighted by Crippen LogP contribution is 2.36. The number of rotatable bonds is 6.